The summed E-state index contributed by atoms with van der Waals surface area (Å²) in [6.07, 6.45) is 21.1. The number of nitrogens with zero attached hydrogens (tertiary/aromatic N) is 3. The molecule has 2 aromatic heterocycles. The second kappa shape index (κ2) is 22.1. The lowest BCUT2D eigenvalue weighted by atomic mass is 9.93. The van der Waals surface area contributed by atoms with Crippen molar-refractivity contribution >= 4 is 24.5 Å². The summed E-state index contributed by atoms with van der Waals surface area (Å²) in [5.74, 6) is 4.03. The fraction of sp³-hybridized carbons (Fsp3) is 0.743. The summed E-state index contributed by atoms with van der Waals surface area (Å²) in [4.78, 5) is 4.71. The Balaban J connectivity index is 1.69. The van der Waals surface area contributed by atoms with Crippen LogP contribution in [0.1, 0.15) is 131 Å². The van der Waals surface area contributed by atoms with E-state index in [4.69, 9.17) is 9.41 Å². The minimum Gasteiger partial charge on any atom is -0.535 e. The van der Waals surface area contributed by atoms with Gasteiger partial charge in [0.05, 0.1) is 15.2 Å². The van der Waals surface area contributed by atoms with E-state index < -0.39 is 9.76 Å². The minimum absolute atomic E-state index is 0.374. The van der Waals surface area contributed by atoms with Gasteiger partial charge in [0.1, 0.15) is 5.69 Å². The molecule has 4 nitrogen and oxygen atoms in total. The molecule has 232 valence electrons. The van der Waals surface area contributed by atoms with Crippen LogP contribution in [0.15, 0.2) is 30.5 Å². The molecule has 4 unspecified atom stereocenters. The molecule has 0 radical (unpaired) electrons. The average molecular weight is 598 g/mol. The SMILES string of the molecule is CCCCCC(C)CCCC(C)CCC[SiH2]c1cccnc1-c1ccc(O[SiH2]CC(C)CCC(C)CCCC)nn1. The molecule has 0 spiro atoms. The number of hydrogen-bond acceptors (Lipinski definition) is 4. The smallest absolute Gasteiger partial charge is 0.221 e. The van der Waals surface area contributed by atoms with Gasteiger partial charge in [-0.05, 0) is 47.0 Å². The molecule has 0 fully saturated rings. The first-order chi connectivity index (χ1) is 19.9. The Morgan fingerprint density at radius 2 is 1.34 bits per heavy atom. The normalized spacial score (nSPS) is 15.1. The molecular weight excluding hydrogens is 535 g/mol. The summed E-state index contributed by atoms with van der Waals surface area (Å²) < 4.78 is 6.09. The summed E-state index contributed by atoms with van der Waals surface area (Å²) in [5.41, 5.74) is 1.92. The van der Waals surface area contributed by atoms with Crippen LogP contribution >= 0.6 is 0 Å². The Hall–Kier alpha value is -1.54. The van der Waals surface area contributed by atoms with Gasteiger partial charge >= 0.3 is 0 Å². The van der Waals surface area contributed by atoms with Crippen LogP contribution in [0.3, 0.4) is 0 Å². The zero-order valence-corrected chi connectivity index (χ0v) is 30.5. The first kappa shape index (κ1) is 35.7. The summed E-state index contributed by atoms with van der Waals surface area (Å²) in [7, 11) is -0.999. The molecule has 6 heteroatoms. The maximum Gasteiger partial charge on any atom is 0.221 e. The molecule has 2 heterocycles. The summed E-state index contributed by atoms with van der Waals surface area (Å²) >= 11 is 0. The van der Waals surface area contributed by atoms with E-state index in [1.165, 1.54) is 107 Å². The van der Waals surface area contributed by atoms with Crippen molar-refractivity contribution in [1.29, 1.82) is 0 Å². The molecule has 0 saturated carbocycles. The van der Waals surface area contributed by atoms with Crippen molar-refractivity contribution in [2.75, 3.05) is 0 Å². The monoisotopic (exact) mass is 597 g/mol. The van der Waals surface area contributed by atoms with Crippen molar-refractivity contribution in [3.63, 3.8) is 0 Å². The van der Waals surface area contributed by atoms with Crippen molar-refractivity contribution < 1.29 is 4.43 Å². The van der Waals surface area contributed by atoms with Gasteiger partial charge in [0.15, 0.2) is 0 Å². The zero-order chi connectivity index (χ0) is 29.7. The van der Waals surface area contributed by atoms with Gasteiger partial charge in [0.2, 0.25) is 15.6 Å². The highest BCUT2D eigenvalue weighted by Gasteiger charge is 2.12. The summed E-state index contributed by atoms with van der Waals surface area (Å²) in [5, 5.41) is 10.4. The molecule has 4 atom stereocenters. The van der Waals surface area contributed by atoms with Gasteiger partial charge in [-0.15, -0.1) is 10.2 Å². The molecule has 2 aromatic rings. The maximum atomic E-state index is 6.09. The Kier molecular flexibility index (Phi) is 19.2. The van der Waals surface area contributed by atoms with Crippen LogP contribution < -0.4 is 9.61 Å². The predicted molar refractivity (Wildman–Crippen MR) is 185 cm³/mol. The third-order valence-corrected chi connectivity index (χ3v) is 12.6. The van der Waals surface area contributed by atoms with Gasteiger partial charge in [0.25, 0.3) is 0 Å². The third kappa shape index (κ3) is 16.0. The van der Waals surface area contributed by atoms with Crippen LogP contribution in [0.25, 0.3) is 11.4 Å². The molecule has 0 amide bonds. The first-order valence-electron chi connectivity index (χ1n) is 17.3. The largest absolute Gasteiger partial charge is 0.535 e. The molecule has 0 aromatic carbocycles. The molecule has 0 N–H and O–H groups in total. The van der Waals surface area contributed by atoms with Gasteiger partial charge in [0, 0.05) is 12.3 Å². The fourth-order valence-corrected chi connectivity index (χ4v) is 8.73. The van der Waals surface area contributed by atoms with Gasteiger partial charge in [-0.25, -0.2) is 0 Å². The van der Waals surface area contributed by atoms with Gasteiger partial charge in [-0.1, -0.05) is 144 Å². The summed E-state index contributed by atoms with van der Waals surface area (Å²) in [6.45, 7) is 14.3. The van der Waals surface area contributed by atoms with E-state index in [0.717, 1.165) is 35.1 Å². The third-order valence-electron chi connectivity index (χ3n) is 8.92. The molecule has 0 saturated heterocycles. The molecule has 0 aliphatic carbocycles. The van der Waals surface area contributed by atoms with Crippen LogP contribution in [0.5, 0.6) is 5.88 Å². The van der Waals surface area contributed by atoms with E-state index in [9.17, 15) is 0 Å². The van der Waals surface area contributed by atoms with Crippen molar-refractivity contribution in [3.05, 3.63) is 30.5 Å². The second-order valence-corrected chi connectivity index (χ2v) is 16.5. The molecule has 0 aliphatic rings. The van der Waals surface area contributed by atoms with E-state index in [2.05, 4.69) is 69.9 Å². The molecular formula is C35H63N3OSi2. The predicted octanol–water partition coefficient (Wildman–Crippen LogP) is 8.68. The van der Waals surface area contributed by atoms with Crippen LogP contribution in [0.2, 0.25) is 12.1 Å². The molecule has 41 heavy (non-hydrogen) atoms. The highest BCUT2D eigenvalue weighted by molar-refractivity contribution is 6.55. The second-order valence-electron chi connectivity index (χ2n) is 13.2. The topological polar surface area (TPSA) is 47.9 Å². The number of pyridine rings is 1. The van der Waals surface area contributed by atoms with Crippen LogP contribution in [0, 0.1) is 23.7 Å². The van der Waals surface area contributed by atoms with E-state index in [0.29, 0.717) is 5.88 Å². The van der Waals surface area contributed by atoms with Gasteiger partial charge in [-0.2, -0.15) is 0 Å². The molecule has 0 aliphatic heterocycles. The Bertz CT molecular complexity index is 911. The Morgan fingerprint density at radius 3 is 2.05 bits per heavy atom. The van der Waals surface area contributed by atoms with E-state index >= 15 is 0 Å². The highest BCUT2D eigenvalue weighted by atomic mass is 28.2. The van der Waals surface area contributed by atoms with Crippen LogP contribution in [-0.2, 0) is 0 Å². The maximum absolute atomic E-state index is 6.09. The van der Waals surface area contributed by atoms with Crippen molar-refractivity contribution in [2.45, 2.75) is 144 Å². The van der Waals surface area contributed by atoms with Gasteiger partial charge in [-0.3, -0.25) is 4.98 Å². The zero-order valence-electron chi connectivity index (χ0n) is 27.7. The van der Waals surface area contributed by atoms with Crippen LogP contribution in [0.4, 0.5) is 0 Å². The standard InChI is InChI=1S/C35H63N3OSi2/c1-7-9-11-16-28(3)17-12-18-29(4)19-14-26-40-33-20-13-25-36-35(33)32-23-24-34(38-37-32)39-41-27-31(6)22-21-30(5)15-10-8-2/h13,20,23-25,28-31H,7-12,14-19,21-22,26-27,40-41H2,1-6H3. The lowest BCUT2D eigenvalue weighted by Gasteiger charge is -2.15. The fourth-order valence-electron chi connectivity index (χ4n) is 5.82. The number of unbranched alkanes of at least 4 members (excludes halogenated alkanes) is 3. The lowest BCUT2D eigenvalue weighted by molar-refractivity contribution is 0.400. The van der Waals surface area contributed by atoms with Crippen molar-refractivity contribution in [2.24, 2.45) is 23.7 Å². The van der Waals surface area contributed by atoms with Crippen LogP contribution in [-0.4, -0.2) is 34.5 Å². The minimum atomic E-state index is -0.625. The Morgan fingerprint density at radius 1 is 0.683 bits per heavy atom. The van der Waals surface area contributed by atoms with E-state index in [1.807, 2.05) is 12.3 Å². The van der Waals surface area contributed by atoms with E-state index in [1.54, 1.807) is 0 Å². The Labute approximate surface area is 258 Å². The lowest BCUT2D eigenvalue weighted by Crippen LogP contribution is -2.18. The molecule has 2 rings (SSSR count). The number of hydrogen-bond donors (Lipinski definition) is 0. The quantitative estimate of drug-likeness (QED) is 0.0897. The number of rotatable bonds is 24. The first-order valence-corrected chi connectivity index (χ1v) is 20.6. The molecule has 0 bridgehead atoms. The summed E-state index contributed by atoms with van der Waals surface area (Å²) in [6, 6.07) is 10.9. The highest BCUT2D eigenvalue weighted by Crippen LogP contribution is 2.22. The average Bonchev–Trinajstić information content (AvgIpc) is 2.98. The van der Waals surface area contributed by atoms with Crippen molar-refractivity contribution in [1.82, 2.24) is 15.2 Å². The number of aromatic nitrogens is 3. The van der Waals surface area contributed by atoms with Gasteiger partial charge < -0.3 is 4.43 Å². The van der Waals surface area contributed by atoms with E-state index in [-0.39, 0.29) is 9.52 Å². The van der Waals surface area contributed by atoms with Crippen molar-refractivity contribution in [3.8, 4) is 17.3 Å².